The van der Waals surface area contributed by atoms with Gasteiger partial charge in [0.25, 0.3) is 0 Å². The summed E-state index contributed by atoms with van der Waals surface area (Å²) in [6.07, 6.45) is 4.19. The van der Waals surface area contributed by atoms with Crippen LogP contribution in [0, 0.1) is 0 Å². The van der Waals surface area contributed by atoms with E-state index in [0.29, 0.717) is 0 Å². The number of nitrogens with two attached hydrogens (primary N) is 1. The first-order valence-corrected chi connectivity index (χ1v) is 3.27. The molecule has 0 spiro atoms. The Bertz CT molecular complexity index is 118. The third-order valence-electron chi connectivity index (χ3n) is 1.05. The van der Waals surface area contributed by atoms with Gasteiger partial charge in [-0.25, -0.2) is 0 Å². The van der Waals surface area contributed by atoms with Crippen LogP contribution in [0.5, 0.6) is 0 Å². The molecule has 0 fully saturated rings. The molecule has 3 heteroatoms. The highest BCUT2D eigenvalue weighted by Gasteiger charge is 1.85. The van der Waals surface area contributed by atoms with E-state index < -0.39 is 0 Å². The van der Waals surface area contributed by atoms with Gasteiger partial charge in [0.15, 0.2) is 0 Å². The zero-order chi connectivity index (χ0) is 7.82. The van der Waals surface area contributed by atoms with E-state index in [2.05, 4.69) is 17.2 Å². The van der Waals surface area contributed by atoms with Crippen molar-refractivity contribution in [3.05, 3.63) is 24.7 Å². The molecule has 4 N–H and O–H groups in total. The molecule has 3 nitrogen and oxygen atoms in total. The second-order valence-electron chi connectivity index (χ2n) is 1.94. The van der Waals surface area contributed by atoms with Gasteiger partial charge in [0, 0.05) is 24.9 Å². The lowest BCUT2D eigenvalue weighted by molar-refractivity contribution is 0.776. The van der Waals surface area contributed by atoms with Crippen LogP contribution < -0.4 is 16.4 Å². The Kier molecular flexibility index (Phi) is 5.57. The molecule has 0 aliphatic heterocycles. The zero-order valence-corrected chi connectivity index (χ0v) is 6.35. The van der Waals surface area contributed by atoms with Gasteiger partial charge in [0.2, 0.25) is 0 Å². The third kappa shape index (κ3) is 5.18. The van der Waals surface area contributed by atoms with Crippen molar-refractivity contribution < 1.29 is 0 Å². The van der Waals surface area contributed by atoms with E-state index in [1.165, 1.54) is 0 Å². The average molecular weight is 141 g/mol. The van der Waals surface area contributed by atoms with Crippen LogP contribution in [-0.4, -0.2) is 13.6 Å². The van der Waals surface area contributed by atoms with Crippen molar-refractivity contribution in [2.75, 3.05) is 13.6 Å². The van der Waals surface area contributed by atoms with E-state index in [1.807, 2.05) is 7.05 Å². The minimum absolute atomic E-state index is 0.828. The van der Waals surface area contributed by atoms with Crippen LogP contribution in [0.3, 0.4) is 0 Å². The maximum absolute atomic E-state index is 5.56. The molecule has 0 aromatic rings. The molecule has 0 radical (unpaired) electrons. The Hall–Kier alpha value is -0.960. The predicted molar refractivity (Wildman–Crippen MR) is 44.1 cm³/mol. The van der Waals surface area contributed by atoms with E-state index in [-0.39, 0.29) is 0 Å². The standard InChI is InChI=1S/C7H15N3/c1-3-10-6-7(8)4-5-9-2/h3,6,9-10H,1,4-5,8H2,2H3/b7-6-. The summed E-state index contributed by atoms with van der Waals surface area (Å²) in [6, 6.07) is 0. The first-order chi connectivity index (χ1) is 4.81. The largest absolute Gasteiger partial charge is 0.401 e. The molecule has 0 aliphatic rings. The Morgan fingerprint density at radius 3 is 2.90 bits per heavy atom. The second-order valence-corrected chi connectivity index (χ2v) is 1.94. The Morgan fingerprint density at radius 1 is 1.70 bits per heavy atom. The molecule has 0 aliphatic carbocycles. The van der Waals surface area contributed by atoms with E-state index in [4.69, 9.17) is 5.73 Å². The van der Waals surface area contributed by atoms with Crippen molar-refractivity contribution in [1.82, 2.24) is 10.6 Å². The lowest BCUT2D eigenvalue weighted by Gasteiger charge is -1.99. The summed E-state index contributed by atoms with van der Waals surface area (Å²) in [4.78, 5) is 0. The van der Waals surface area contributed by atoms with Gasteiger partial charge >= 0.3 is 0 Å². The Morgan fingerprint density at radius 2 is 2.40 bits per heavy atom. The first kappa shape index (κ1) is 9.04. The molecule has 0 saturated heterocycles. The molecular formula is C7H15N3. The van der Waals surface area contributed by atoms with Crippen molar-refractivity contribution in [2.24, 2.45) is 5.73 Å². The molecular weight excluding hydrogens is 126 g/mol. The maximum atomic E-state index is 5.56. The quantitative estimate of drug-likeness (QED) is 0.510. The van der Waals surface area contributed by atoms with Crippen LogP contribution in [-0.2, 0) is 0 Å². The summed E-state index contributed by atoms with van der Waals surface area (Å²) >= 11 is 0. The lowest BCUT2D eigenvalue weighted by Crippen LogP contribution is -2.13. The fourth-order valence-corrected chi connectivity index (χ4v) is 0.507. The van der Waals surface area contributed by atoms with Gasteiger partial charge in [-0.3, -0.25) is 0 Å². The van der Waals surface area contributed by atoms with E-state index in [1.54, 1.807) is 12.4 Å². The molecule has 0 amide bonds. The highest BCUT2D eigenvalue weighted by Crippen LogP contribution is 1.86. The van der Waals surface area contributed by atoms with Crippen molar-refractivity contribution in [3.63, 3.8) is 0 Å². The molecule has 0 rings (SSSR count). The summed E-state index contributed by atoms with van der Waals surface area (Å²) in [5.41, 5.74) is 6.38. The van der Waals surface area contributed by atoms with E-state index in [9.17, 15) is 0 Å². The van der Waals surface area contributed by atoms with Gasteiger partial charge in [0.05, 0.1) is 0 Å². The van der Waals surface area contributed by atoms with Crippen LogP contribution in [0.25, 0.3) is 0 Å². The average Bonchev–Trinajstić information content (AvgIpc) is 1.97. The highest BCUT2D eigenvalue weighted by atomic mass is 14.8. The fraction of sp³-hybridized carbons (Fsp3) is 0.429. The first-order valence-electron chi connectivity index (χ1n) is 3.27. The normalized spacial score (nSPS) is 11.1. The lowest BCUT2D eigenvalue weighted by atomic mass is 10.3. The zero-order valence-electron chi connectivity index (χ0n) is 6.35. The van der Waals surface area contributed by atoms with Gasteiger partial charge in [-0.2, -0.15) is 0 Å². The Balaban J connectivity index is 3.38. The van der Waals surface area contributed by atoms with Crippen molar-refractivity contribution in [2.45, 2.75) is 6.42 Å². The highest BCUT2D eigenvalue weighted by molar-refractivity contribution is 4.96. The van der Waals surface area contributed by atoms with Gasteiger partial charge in [0.1, 0.15) is 0 Å². The molecule has 0 saturated carbocycles. The molecule has 58 valence electrons. The molecule has 0 aromatic heterocycles. The van der Waals surface area contributed by atoms with Crippen LogP contribution in [0.2, 0.25) is 0 Å². The summed E-state index contributed by atoms with van der Waals surface area (Å²) in [5, 5.41) is 5.81. The van der Waals surface area contributed by atoms with Gasteiger partial charge in [-0.1, -0.05) is 6.58 Å². The third-order valence-corrected chi connectivity index (χ3v) is 1.05. The summed E-state index contributed by atoms with van der Waals surface area (Å²) < 4.78 is 0. The van der Waals surface area contributed by atoms with E-state index >= 15 is 0 Å². The van der Waals surface area contributed by atoms with E-state index in [0.717, 1.165) is 18.7 Å². The number of hydrogen-bond donors (Lipinski definition) is 3. The smallest absolute Gasteiger partial charge is 0.0256 e. The Labute approximate surface area is 62.0 Å². The molecule has 10 heavy (non-hydrogen) atoms. The summed E-state index contributed by atoms with van der Waals surface area (Å²) in [6.45, 7) is 4.39. The minimum atomic E-state index is 0.828. The fourth-order valence-electron chi connectivity index (χ4n) is 0.507. The number of hydrogen-bond acceptors (Lipinski definition) is 3. The number of rotatable bonds is 5. The van der Waals surface area contributed by atoms with Gasteiger partial charge in [-0.05, 0) is 13.2 Å². The van der Waals surface area contributed by atoms with Crippen molar-refractivity contribution >= 4 is 0 Å². The maximum Gasteiger partial charge on any atom is 0.0256 e. The SMILES string of the molecule is C=CN/C=C(\N)CCNC. The van der Waals surface area contributed by atoms with Crippen LogP contribution >= 0.6 is 0 Å². The van der Waals surface area contributed by atoms with Crippen LogP contribution in [0.4, 0.5) is 0 Å². The van der Waals surface area contributed by atoms with Crippen molar-refractivity contribution in [3.8, 4) is 0 Å². The number of nitrogens with one attached hydrogen (secondary N) is 2. The molecule has 0 unspecified atom stereocenters. The van der Waals surface area contributed by atoms with Crippen molar-refractivity contribution in [1.29, 1.82) is 0 Å². The molecule has 0 aromatic carbocycles. The summed E-state index contributed by atoms with van der Waals surface area (Å²) in [7, 11) is 1.90. The van der Waals surface area contributed by atoms with Gasteiger partial charge in [-0.15, -0.1) is 0 Å². The summed E-state index contributed by atoms with van der Waals surface area (Å²) in [5.74, 6) is 0. The van der Waals surface area contributed by atoms with Crippen LogP contribution in [0.1, 0.15) is 6.42 Å². The molecule has 0 bridgehead atoms. The predicted octanol–water partition coefficient (Wildman–Crippen LogP) is 0.129. The second kappa shape index (κ2) is 6.16. The monoisotopic (exact) mass is 141 g/mol. The van der Waals surface area contributed by atoms with Crippen LogP contribution in [0.15, 0.2) is 24.7 Å². The topological polar surface area (TPSA) is 50.1 Å². The van der Waals surface area contributed by atoms with Gasteiger partial charge < -0.3 is 16.4 Å². The minimum Gasteiger partial charge on any atom is -0.401 e. The molecule has 0 heterocycles. The molecule has 0 atom stereocenters.